The van der Waals surface area contributed by atoms with E-state index >= 15 is 0 Å². The Bertz CT molecular complexity index is 434. The van der Waals surface area contributed by atoms with Gasteiger partial charge in [-0.3, -0.25) is 0 Å². The average molecular weight is 255 g/mol. The molecule has 0 aromatic heterocycles. The summed E-state index contributed by atoms with van der Waals surface area (Å²) in [5.41, 5.74) is 0.677. The minimum absolute atomic E-state index is 0.136. The molecule has 2 N–H and O–H groups in total. The molecule has 0 unspecified atom stereocenters. The van der Waals surface area contributed by atoms with Gasteiger partial charge in [-0.2, -0.15) is 10.2 Å². The second kappa shape index (κ2) is 7.34. The lowest BCUT2D eigenvalue weighted by Gasteiger charge is -2.07. The number of halogens is 1. The Balaban J connectivity index is 2.86. The summed E-state index contributed by atoms with van der Waals surface area (Å²) in [7, 11) is 0. The first kappa shape index (κ1) is 13.1. The lowest BCUT2D eigenvalue weighted by Crippen LogP contribution is -1.98. The normalized spacial score (nSPS) is 13.9. The van der Waals surface area contributed by atoms with E-state index in [0.717, 1.165) is 0 Å². The maximum absolute atomic E-state index is 8.55. The first-order valence-electron chi connectivity index (χ1n) is 4.74. The van der Waals surface area contributed by atoms with E-state index in [4.69, 9.17) is 22.0 Å². The Hall–Kier alpha value is -1.95. The second-order valence-electron chi connectivity index (χ2n) is 2.97. The van der Waals surface area contributed by atoms with Crippen LogP contribution >= 0.6 is 11.6 Å². The highest BCUT2D eigenvalue weighted by Crippen LogP contribution is 2.24. The smallest absolute Gasteiger partial charge is 0.136 e. The molecule has 6 nitrogen and oxygen atoms in total. The third-order valence-electron chi connectivity index (χ3n) is 1.88. The van der Waals surface area contributed by atoms with Crippen LogP contribution < -0.4 is 0 Å². The summed E-state index contributed by atoms with van der Waals surface area (Å²) in [6.07, 6.45) is 2.39. The van der Waals surface area contributed by atoms with Crippen LogP contribution in [0.1, 0.15) is 11.6 Å². The molecule has 0 aliphatic rings. The molecule has 17 heavy (non-hydrogen) atoms. The Labute approximate surface area is 103 Å². The van der Waals surface area contributed by atoms with E-state index in [1.54, 1.807) is 24.3 Å². The molecule has 0 spiro atoms. The van der Waals surface area contributed by atoms with E-state index in [-0.39, 0.29) is 6.54 Å². The van der Waals surface area contributed by atoms with Gasteiger partial charge in [0, 0.05) is 10.6 Å². The SMILES string of the molecule is O/N=C\CN=N[C@@H](/C=N\O)c1ccccc1Cl. The van der Waals surface area contributed by atoms with Crippen LogP contribution in [0.25, 0.3) is 0 Å². The second-order valence-corrected chi connectivity index (χ2v) is 3.38. The fourth-order valence-corrected chi connectivity index (χ4v) is 1.41. The lowest BCUT2D eigenvalue weighted by atomic mass is 10.1. The molecule has 0 heterocycles. The van der Waals surface area contributed by atoms with Crippen molar-refractivity contribution >= 4 is 24.0 Å². The first-order valence-corrected chi connectivity index (χ1v) is 5.12. The molecule has 1 aromatic carbocycles. The van der Waals surface area contributed by atoms with Crippen molar-refractivity contribution in [1.29, 1.82) is 0 Å². The van der Waals surface area contributed by atoms with Crippen LogP contribution in [0.2, 0.25) is 5.02 Å². The van der Waals surface area contributed by atoms with Crippen molar-refractivity contribution in [3.63, 3.8) is 0 Å². The highest BCUT2D eigenvalue weighted by atomic mass is 35.5. The largest absolute Gasteiger partial charge is 0.411 e. The van der Waals surface area contributed by atoms with Gasteiger partial charge in [0.2, 0.25) is 0 Å². The number of nitrogens with zero attached hydrogens (tertiary/aromatic N) is 4. The fraction of sp³-hybridized carbons (Fsp3) is 0.200. The third-order valence-corrected chi connectivity index (χ3v) is 2.23. The molecule has 90 valence electrons. The average Bonchev–Trinajstić information content (AvgIpc) is 2.34. The van der Waals surface area contributed by atoms with Crippen LogP contribution in [0.15, 0.2) is 44.8 Å². The van der Waals surface area contributed by atoms with E-state index in [9.17, 15) is 0 Å². The summed E-state index contributed by atoms with van der Waals surface area (Å²) in [6.45, 7) is 0.136. The summed E-state index contributed by atoms with van der Waals surface area (Å²) >= 11 is 5.98. The Kier molecular flexibility index (Phi) is 5.67. The van der Waals surface area contributed by atoms with Gasteiger partial charge in [0.15, 0.2) is 0 Å². The Morgan fingerprint density at radius 2 is 2.00 bits per heavy atom. The molecule has 0 bridgehead atoms. The highest BCUT2D eigenvalue weighted by Gasteiger charge is 2.11. The maximum Gasteiger partial charge on any atom is 0.136 e. The molecule has 1 atom stereocenters. The number of azo groups is 1. The van der Waals surface area contributed by atoms with Crippen molar-refractivity contribution in [2.75, 3.05) is 6.54 Å². The van der Waals surface area contributed by atoms with Gasteiger partial charge in [-0.15, -0.1) is 5.16 Å². The fourth-order valence-electron chi connectivity index (χ4n) is 1.16. The molecule has 0 radical (unpaired) electrons. The molecule has 0 aliphatic heterocycles. The zero-order valence-corrected chi connectivity index (χ0v) is 9.57. The minimum Gasteiger partial charge on any atom is -0.411 e. The summed E-state index contributed by atoms with van der Waals surface area (Å²) in [4.78, 5) is 0. The van der Waals surface area contributed by atoms with Crippen molar-refractivity contribution in [3.8, 4) is 0 Å². The van der Waals surface area contributed by atoms with Gasteiger partial charge in [-0.05, 0) is 6.07 Å². The Morgan fingerprint density at radius 3 is 2.65 bits per heavy atom. The predicted octanol–water partition coefficient (Wildman–Crippen LogP) is 2.75. The van der Waals surface area contributed by atoms with E-state index in [0.29, 0.717) is 10.6 Å². The van der Waals surface area contributed by atoms with Gasteiger partial charge < -0.3 is 10.4 Å². The number of hydrogen-bond acceptors (Lipinski definition) is 6. The molecule has 0 amide bonds. The standard InChI is InChI=1S/C10H11ClN4O2/c11-9-4-2-1-3-8(9)10(7-14-17)15-12-5-6-13-16/h1-4,6-7,10,16-17H,5H2/b13-6-,14-7-,15-12?/t10-/m0/s1. The first-order chi connectivity index (χ1) is 8.29. The van der Waals surface area contributed by atoms with E-state index in [1.807, 2.05) is 0 Å². The third kappa shape index (κ3) is 4.20. The monoisotopic (exact) mass is 254 g/mol. The van der Waals surface area contributed by atoms with Crippen molar-refractivity contribution in [2.45, 2.75) is 6.04 Å². The van der Waals surface area contributed by atoms with Gasteiger partial charge >= 0.3 is 0 Å². The topological polar surface area (TPSA) is 89.9 Å². The molecule has 0 fully saturated rings. The Morgan fingerprint density at radius 1 is 1.24 bits per heavy atom. The molecular formula is C10H11ClN4O2. The van der Waals surface area contributed by atoms with Crippen LogP contribution in [0, 0.1) is 0 Å². The molecule has 0 saturated heterocycles. The summed E-state index contributed by atoms with van der Waals surface area (Å²) in [6, 6.07) is 6.48. The number of benzene rings is 1. The molecule has 1 aromatic rings. The van der Waals surface area contributed by atoms with Gasteiger partial charge in [-0.1, -0.05) is 35.0 Å². The van der Waals surface area contributed by atoms with Crippen LogP contribution in [-0.4, -0.2) is 29.4 Å². The zero-order chi connectivity index (χ0) is 12.5. The van der Waals surface area contributed by atoms with E-state index in [1.165, 1.54) is 12.4 Å². The van der Waals surface area contributed by atoms with Crippen LogP contribution in [0.4, 0.5) is 0 Å². The maximum atomic E-state index is 8.55. The van der Waals surface area contributed by atoms with Gasteiger partial charge in [0.05, 0.1) is 19.0 Å². The van der Waals surface area contributed by atoms with Crippen molar-refractivity contribution in [2.24, 2.45) is 20.5 Å². The van der Waals surface area contributed by atoms with Crippen LogP contribution in [0.5, 0.6) is 0 Å². The molecule has 0 aliphatic carbocycles. The van der Waals surface area contributed by atoms with Crippen LogP contribution in [-0.2, 0) is 0 Å². The number of rotatable bonds is 5. The van der Waals surface area contributed by atoms with Crippen molar-refractivity contribution in [1.82, 2.24) is 0 Å². The van der Waals surface area contributed by atoms with Gasteiger partial charge in [-0.25, -0.2) is 0 Å². The summed E-state index contributed by atoms with van der Waals surface area (Å²) in [5, 5.41) is 30.6. The number of oxime groups is 2. The predicted molar refractivity (Wildman–Crippen MR) is 64.5 cm³/mol. The summed E-state index contributed by atoms with van der Waals surface area (Å²) < 4.78 is 0. The van der Waals surface area contributed by atoms with E-state index in [2.05, 4.69) is 20.5 Å². The zero-order valence-electron chi connectivity index (χ0n) is 8.81. The molecular weight excluding hydrogens is 244 g/mol. The lowest BCUT2D eigenvalue weighted by molar-refractivity contribution is 0.319. The van der Waals surface area contributed by atoms with E-state index < -0.39 is 6.04 Å². The minimum atomic E-state index is -0.569. The molecule has 0 saturated carbocycles. The summed E-state index contributed by atoms with van der Waals surface area (Å²) in [5.74, 6) is 0. The van der Waals surface area contributed by atoms with Gasteiger partial charge in [0.25, 0.3) is 0 Å². The van der Waals surface area contributed by atoms with Crippen molar-refractivity contribution < 1.29 is 10.4 Å². The van der Waals surface area contributed by atoms with Crippen molar-refractivity contribution in [3.05, 3.63) is 34.9 Å². The highest BCUT2D eigenvalue weighted by molar-refractivity contribution is 6.31. The molecule has 1 rings (SSSR count). The molecule has 7 heteroatoms. The quantitative estimate of drug-likeness (QED) is 0.366. The van der Waals surface area contributed by atoms with Gasteiger partial charge in [0.1, 0.15) is 6.04 Å². The van der Waals surface area contributed by atoms with Crippen LogP contribution in [0.3, 0.4) is 0 Å². The number of hydrogen-bond donors (Lipinski definition) is 2.